The van der Waals surface area contributed by atoms with Crippen LogP contribution in [0.5, 0.6) is 5.88 Å². The molecule has 0 aliphatic heterocycles. The molecule has 0 saturated heterocycles. The molecule has 0 spiro atoms. The van der Waals surface area contributed by atoms with Crippen molar-refractivity contribution in [2.45, 2.75) is 20.0 Å². The molecule has 45 heavy (non-hydrogen) atoms. The van der Waals surface area contributed by atoms with E-state index in [0.717, 1.165) is 11.1 Å². The highest BCUT2D eigenvalue weighted by atomic mass is 35.5. The van der Waals surface area contributed by atoms with Gasteiger partial charge in [-0.05, 0) is 42.3 Å². The van der Waals surface area contributed by atoms with Crippen LogP contribution in [0.25, 0.3) is 11.1 Å². The summed E-state index contributed by atoms with van der Waals surface area (Å²) in [7, 11) is 1.47. The van der Waals surface area contributed by atoms with Gasteiger partial charge in [-0.15, -0.1) is 0 Å². The Morgan fingerprint density at radius 2 is 1.44 bits per heavy atom. The summed E-state index contributed by atoms with van der Waals surface area (Å²) in [6.45, 7) is 3.61. The lowest BCUT2D eigenvalue weighted by Gasteiger charge is -2.16. The summed E-state index contributed by atoms with van der Waals surface area (Å²) in [4.78, 5) is 34.9. The van der Waals surface area contributed by atoms with Gasteiger partial charge in [-0.3, -0.25) is 14.6 Å². The van der Waals surface area contributed by atoms with Crippen LogP contribution in [-0.4, -0.2) is 65.4 Å². The Labute approximate surface area is 271 Å². The molecule has 0 unspecified atom stereocenters. The molecule has 6 N–H and O–H groups in total. The first kappa shape index (κ1) is 33.8. The number of ether oxygens (including phenoxy) is 1. The van der Waals surface area contributed by atoms with Crippen molar-refractivity contribution in [3.8, 4) is 17.0 Å². The summed E-state index contributed by atoms with van der Waals surface area (Å²) in [5.41, 5.74) is 4.43. The van der Waals surface area contributed by atoms with Crippen molar-refractivity contribution in [2.75, 3.05) is 44.0 Å². The second kappa shape index (κ2) is 16.3. The highest BCUT2D eigenvalue weighted by molar-refractivity contribution is 6.40. The van der Waals surface area contributed by atoms with Gasteiger partial charge in [-0.25, -0.2) is 4.98 Å². The highest BCUT2D eigenvalue weighted by Gasteiger charge is 2.20. The van der Waals surface area contributed by atoms with E-state index < -0.39 is 11.8 Å². The second-order valence-corrected chi connectivity index (χ2v) is 10.7. The van der Waals surface area contributed by atoms with Gasteiger partial charge in [0.05, 0.1) is 41.7 Å². The molecular weight excluding hydrogens is 619 g/mol. The van der Waals surface area contributed by atoms with Crippen LogP contribution in [0.15, 0.2) is 60.8 Å². The number of anilines is 2. The van der Waals surface area contributed by atoms with E-state index >= 15 is 0 Å². The van der Waals surface area contributed by atoms with Crippen LogP contribution in [0.2, 0.25) is 10.0 Å². The summed E-state index contributed by atoms with van der Waals surface area (Å²) >= 11 is 13.6. The van der Waals surface area contributed by atoms with Crippen molar-refractivity contribution in [1.82, 2.24) is 20.6 Å². The third kappa shape index (κ3) is 8.54. The minimum Gasteiger partial charge on any atom is -0.481 e. The molecule has 2 aromatic heterocycles. The topological polar surface area (TPSA) is 158 Å². The normalized spacial score (nSPS) is 10.9. The van der Waals surface area contributed by atoms with Crippen molar-refractivity contribution >= 4 is 46.4 Å². The largest absolute Gasteiger partial charge is 0.481 e. The predicted molar refractivity (Wildman–Crippen MR) is 175 cm³/mol. The molecule has 0 fully saturated rings. The van der Waals surface area contributed by atoms with Gasteiger partial charge < -0.3 is 36.2 Å². The lowest BCUT2D eigenvalue weighted by molar-refractivity contribution is 0.101. The van der Waals surface area contributed by atoms with E-state index in [4.69, 9.17) is 38.2 Å². The van der Waals surface area contributed by atoms with Gasteiger partial charge in [0, 0.05) is 49.1 Å². The fourth-order valence-electron chi connectivity index (χ4n) is 4.50. The van der Waals surface area contributed by atoms with Crippen LogP contribution in [0.3, 0.4) is 0 Å². The standard InChI is InChI=1S/C32H34Cl2N6O5/c1-19-15-21(18-36-12-14-42)32(45-2)40-29(19)31(44)39-25-8-4-6-23(28(25)34)22-5-3-7-24(27(22)33)38-30(43)26-10-9-20(17-37-26)16-35-11-13-41/h3-10,15,17,35-36,41-42H,11-14,16,18H2,1-2H3,(H,38,43)(H,39,44). The summed E-state index contributed by atoms with van der Waals surface area (Å²) in [6, 6.07) is 15.5. The number of halogens is 2. The molecule has 2 aromatic carbocycles. The van der Waals surface area contributed by atoms with Gasteiger partial charge >= 0.3 is 0 Å². The lowest BCUT2D eigenvalue weighted by Crippen LogP contribution is -2.20. The van der Waals surface area contributed by atoms with Crippen LogP contribution in [0, 0.1) is 6.92 Å². The number of pyridine rings is 2. The van der Waals surface area contributed by atoms with Gasteiger partial charge in [-0.2, -0.15) is 0 Å². The second-order valence-electron chi connectivity index (χ2n) is 9.92. The van der Waals surface area contributed by atoms with E-state index in [1.165, 1.54) is 7.11 Å². The van der Waals surface area contributed by atoms with Crippen molar-refractivity contribution in [3.05, 3.63) is 98.9 Å². The average Bonchev–Trinajstić information content (AvgIpc) is 3.04. The fraction of sp³-hybridized carbons (Fsp3) is 0.250. The number of benzene rings is 2. The van der Waals surface area contributed by atoms with E-state index in [1.807, 2.05) is 6.07 Å². The zero-order chi connectivity index (χ0) is 32.3. The first-order chi connectivity index (χ1) is 21.8. The summed E-state index contributed by atoms with van der Waals surface area (Å²) < 4.78 is 5.40. The molecule has 4 rings (SSSR count). The molecule has 13 heteroatoms. The van der Waals surface area contributed by atoms with Crippen molar-refractivity contribution < 1.29 is 24.5 Å². The first-order valence-corrected chi connectivity index (χ1v) is 14.9. The molecular formula is C32H34Cl2N6O5. The monoisotopic (exact) mass is 652 g/mol. The summed E-state index contributed by atoms with van der Waals surface area (Å²) in [6.07, 6.45) is 1.59. The number of nitrogens with one attached hydrogen (secondary N) is 4. The Hall–Kier alpha value is -4.10. The Bertz CT molecular complexity index is 1650. The van der Waals surface area contributed by atoms with E-state index in [-0.39, 0.29) is 34.6 Å². The van der Waals surface area contributed by atoms with E-state index in [1.54, 1.807) is 61.7 Å². The maximum absolute atomic E-state index is 13.3. The smallest absolute Gasteiger partial charge is 0.274 e. The Balaban J connectivity index is 1.52. The molecule has 0 atom stereocenters. The first-order valence-electron chi connectivity index (χ1n) is 14.1. The Kier molecular flexibility index (Phi) is 12.2. The minimum atomic E-state index is -0.477. The number of aromatic nitrogens is 2. The van der Waals surface area contributed by atoms with Gasteiger partial charge in [0.2, 0.25) is 5.88 Å². The third-order valence-corrected chi connectivity index (χ3v) is 7.54. The summed E-state index contributed by atoms with van der Waals surface area (Å²) in [5.74, 6) is -0.623. The van der Waals surface area contributed by atoms with Crippen molar-refractivity contribution in [3.63, 3.8) is 0 Å². The van der Waals surface area contributed by atoms with Gasteiger partial charge in [0.1, 0.15) is 11.4 Å². The van der Waals surface area contributed by atoms with Crippen LogP contribution in [0.4, 0.5) is 11.4 Å². The lowest BCUT2D eigenvalue weighted by atomic mass is 10.0. The molecule has 4 aromatic rings. The molecule has 0 radical (unpaired) electrons. The zero-order valence-corrected chi connectivity index (χ0v) is 26.3. The van der Waals surface area contributed by atoms with Crippen LogP contribution >= 0.6 is 23.2 Å². The zero-order valence-electron chi connectivity index (χ0n) is 24.8. The van der Waals surface area contributed by atoms with E-state index in [9.17, 15) is 9.59 Å². The summed E-state index contributed by atoms with van der Waals surface area (Å²) in [5, 5.41) is 30.2. The number of aryl methyl sites for hydroxylation is 1. The van der Waals surface area contributed by atoms with Crippen molar-refractivity contribution in [1.29, 1.82) is 0 Å². The highest BCUT2D eigenvalue weighted by Crippen LogP contribution is 2.40. The number of nitrogens with zero attached hydrogens (tertiary/aromatic N) is 2. The molecule has 11 nitrogen and oxygen atoms in total. The molecule has 0 aliphatic carbocycles. The number of carbonyl (C=O) groups excluding carboxylic acids is 2. The quantitative estimate of drug-likeness (QED) is 0.108. The SMILES string of the molecule is COc1nc(C(=O)Nc2cccc(-c3cccc(NC(=O)c4ccc(CNCCO)cn4)c3Cl)c2Cl)c(C)cc1CNCCO. The Morgan fingerprint density at radius 1 is 0.844 bits per heavy atom. The molecule has 0 saturated carbocycles. The maximum atomic E-state index is 13.3. The third-order valence-electron chi connectivity index (χ3n) is 6.72. The van der Waals surface area contributed by atoms with Gasteiger partial charge in [-0.1, -0.05) is 53.5 Å². The number of carbonyl (C=O) groups is 2. The number of hydrogen-bond donors (Lipinski definition) is 6. The van der Waals surface area contributed by atoms with Crippen LogP contribution in [0.1, 0.15) is 37.7 Å². The van der Waals surface area contributed by atoms with Crippen LogP contribution < -0.4 is 26.0 Å². The number of methoxy groups -OCH3 is 1. The van der Waals surface area contributed by atoms with Gasteiger partial charge in [0.25, 0.3) is 11.8 Å². The van der Waals surface area contributed by atoms with Gasteiger partial charge in [0.15, 0.2) is 0 Å². The van der Waals surface area contributed by atoms with Crippen LogP contribution in [-0.2, 0) is 13.1 Å². The fourth-order valence-corrected chi connectivity index (χ4v) is 5.05. The predicted octanol–water partition coefficient (Wildman–Crippen LogP) is 4.44. The number of aliphatic hydroxyl groups excluding tert-OH is 2. The number of hydrogen-bond acceptors (Lipinski definition) is 9. The number of amides is 2. The molecule has 2 heterocycles. The van der Waals surface area contributed by atoms with E-state index in [0.29, 0.717) is 60.1 Å². The number of aliphatic hydroxyl groups is 2. The maximum Gasteiger partial charge on any atom is 0.274 e. The molecule has 0 bridgehead atoms. The molecule has 2 amide bonds. The minimum absolute atomic E-state index is 0.00291. The number of rotatable bonds is 14. The van der Waals surface area contributed by atoms with E-state index in [2.05, 4.69) is 31.2 Å². The average molecular weight is 654 g/mol. The Morgan fingerprint density at radius 3 is 2.00 bits per heavy atom. The molecule has 0 aliphatic rings. The van der Waals surface area contributed by atoms with Crippen molar-refractivity contribution in [2.24, 2.45) is 0 Å². The molecule has 236 valence electrons.